The molecule has 1 aromatic rings. The van der Waals surface area contributed by atoms with Gasteiger partial charge in [0.25, 0.3) is 5.91 Å². The summed E-state index contributed by atoms with van der Waals surface area (Å²) in [5.74, 6) is -1.12. The Morgan fingerprint density at radius 2 is 2.05 bits per heavy atom. The SMILES string of the molecule is COc1cccc(F)c1C(=O)NCCCNS(C)(=O)=O. The van der Waals surface area contributed by atoms with Gasteiger partial charge in [-0.25, -0.2) is 17.5 Å². The molecule has 1 amide bonds. The van der Waals surface area contributed by atoms with Gasteiger partial charge in [0.15, 0.2) is 0 Å². The third-order valence-electron chi connectivity index (χ3n) is 2.43. The summed E-state index contributed by atoms with van der Waals surface area (Å²) in [6.07, 6.45) is 1.45. The van der Waals surface area contributed by atoms with Crippen LogP contribution in [0.4, 0.5) is 4.39 Å². The van der Waals surface area contributed by atoms with Crippen molar-refractivity contribution in [3.8, 4) is 5.75 Å². The van der Waals surface area contributed by atoms with Crippen LogP contribution in [0, 0.1) is 5.82 Å². The van der Waals surface area contributed by atoms with Gasteiger partial charge in [0.2, 0.25) is 10.0 Å². The molecule has 0 radical (unpaired) electrons. The standard InChI is InChI=1S/C12H17FN2O4S/c1-19-10-6-3-5-9(13)11(10)12(16)14-7-4-8-15-20(2,17)18/h3,5-6,15H,4,7-8H2,1-2H3,(H,14,16). The van der Waals surface area contributed by atoms with E-state index in [0.29, 0.717) is 6.42 Å². The van der Waals surface area contributed by atoms with Crippen LogP contribution >= 0.6 is 0 Å². The highest BCUT2D eigenvalue weighted by Gasteiger charge is 2.16. The van der Waals surface area contributed by atoms with E-state index < -0.39 is 21.7 Å². The summed E-state index contributed by atoms with van der Waals surface area (Å²) < 4.78 is 42.4. The molecule has 6 nitrogen and oxygen atoms in total. The lowest BCUT2D eigenvalue weighted by atomic mass is 10.1. The number of hydrogen-bond donors (Lipinski definition) is 2. The van der Waals surface area contributed by atoms with E-state index in [1.165, 1.54) is 25.3 Å². The van der Waals surface area contributed by atoms with Crippen molar-refractivity contribution < 1.29 is 22.3 Å². The van der Waals surface area contributed by atoms with Gasteiger partial charge in [-0.2, -0.15) is 0 Å². The molecule has 0 spiro atoms. The smallest absolute Gasteiger partial charge is 0.258 e. The zero-order chi connectivity index (χ0) is 15.2. The molecule has 0 atom stereocenters. The van der Waals surface area contributed by atoms with Gasteiger partial charge in [-0.3, -0.25) is 4.79 Å². The number of methoxy groups -OCH3 is 1. The number of carbonyl (C=O) groups is 1. The van der Waals surface area contributed by atoms with E-state index >= 15 is 0 Å². The predicted molar refractivity (Wildman–Crippen MR) is 72.7 cm³/mol. The number of ether oxygens (including phenoxy) is 1. The summed E-state index contributed by atoms with van der Waals surface area (Å²) in [5.41, 5.74) is -0.161. The summed E-state index contributed by atoms with van der Waals surface area (Å²) in [6.45, 7) is 0.423. The number of sulfonamides is 1. The van der Waals surface area contributed by atoms with Crippen LogP contribution < -0.4 is 14.8 Å². The molecule has 0 aliphatic carbocycles. The van der Waals surface area contributed by atoms with Gasteiger partial charge in [0.1, 0.15) is 17.1 Å². The van der Waals surface area contributed by atoms with Crippen molar-refractivity contribution in [2.45, 2.75) is 6.42 Å². The Kier molecular flexibility index (Phi) is 5.90. The van der Waals surface area contributed by atoms with Crippen LogP contribution in [0.15, 0.2) is 18.2 Å². The average Bonchev–Trinajstić information content (AvgIpc) is 2.36. The van der Waals surface area contributed by atoms with E-state index in [2.05, 4.69) is 10.0 Å². The Bertz CT molecular complexity index is 575. The Morgan fingerprint density at radius 3 is 2.65 bits per heavy atom. The minimum absolute atomic E-state index is 0.150. The molecule has 8 heteroatoms. The molecule has 0 aliphatic rings. The second-order valence-electron chi connectivity index (χ2n) is 4.09. The van der Waals surface area contributed by atoms with Gasteiger partial charge >= 0.3 is 0 Å². The lowest BCUT2D eigenvalue weighted by Crippen LogP contribution is -2.30. The average molecular weight is 304 g/mol. The summed E-state index contributed by atoms with van der Waals surface area (Å²) in [6, 6.07) is 4.10. The van der Waals surface area contributed by atoms with E-state index in [0.717, 1.165) is 6.26 Å². The molecule has 1 aromatic carbocycles. The molecule has 0 fully saturated rings. The zero-order valence-electron chi connectivity index (χ0n) is 11.3. The van der Waals surface area contributed by atoms with E-state index in [4.69, 9.17) is 4.74 Å². The molecule has 2 N–H and O–H groups in total. The van der Waals surface area contributed by atoms with Crippen LogP contribution in [-0.4, -0.2) is 40.8 Å². The molecule has 0 heterocycles. The first kappa shape index (κ1) is 16.4. The van der Waals surface area contributed by atoms with Gasteiger partial charge in [-0.15, -0.1) is 0 Å². The van der Waals surface area contributed by atoms with Crippen LogP contribution in [0.25, 0.3) is 0 Å². The molecule has 0 bridgehead atoms. The minimum atomic E-state index is -3.24. The number of rotatable bonds is 7. The van der Waals surface area contributed by atoms with Crippen molar-refractivity contribution in [3.63, 3.8) is 0 Å². The highest BCUT2D eigenvalue weighted by Crippen LogP contribution is 2.20. The third-order valence-corrected chi connectivity index (χ3v) is 3.15. The molecule has 0 unspecified atom stereocenters. The van der Waals surface area contributed by atoms with E-state index in [1.807, 2.05) is 0 Å². The van der Waals surface area contributed by atoms with Gasteiger partial charge in [-0.05, 0) is 18.6 Å². The molecule has 0 saturated heterocycles. The van der Waals surface area contributed by atoms with Crippen LogP contribution in [-0.2, 0) is 10.0 Å². The zero-order valence-corrected chi connectivity index (χ0v) is 12.1. The van der Waals surface area contributed by atoms with Crippen molar-refractivity contribution in [1.82, 2.24) is 10.0 Å². The van der Waals surface area contributed by atoms with Gasteiger partial charge < -0.3 is 10.1 Å². The van der Waals surface area contributed by atoms with E-state index in [9.17, 15) is 17.6 Å². The summed E-state index contributed by atoms with van der Waals surface area (Å²) in [5, 5.41) is 2.51. The second-order valence-corrected chi connectivity index (χ2v) is 5.93. The monoisotopic (exact) mass is 304 g/mol. The molecule has 0 aromatic heterocycles. The molecule has 1 rings (SSSR count). The number of nitrogens with one attached hydrogen (secondary N) is 2. The summed E-state index contributed by atoms with van der Waals surface area (Å²) in [7, 11) is -1.89. The Morgan fingerprint density at radius 1 is 1.35 bits per heavy atom. The first-order valence-corrected chi connectivity index (χ1v) is 7.79. The maximum Gasteiger partial charge on any atom is 0.258 e. The van der Waals surface area contributed by atoms with Crippen molar-refractivity contribution in [3.05, 3.63) is 29.6 Å². The normalized spacial score (nSPS) is 11.2. The number of hydrogen-bond acceptors (Lipinski definition) is 4. The predicted octanol–water partition coefficient (Wildman–Crippen LogP) is 0.503. The van der Waals surface area contributed by atoms with Gasteiger partial charge in [-0.1, -0.05) is 6.07 Å². The van der Waals surface area contributed by atoms with Crippen LogP contribution in [0.1, 0.15) is 16.8 Å². The highest BCUT2D eigenvalue weighted by molar-refractivity contribution is 7.88. The fraction of sp³-hybridized carbons (Fsp3) is 0.417. The maximum absolute atomic E-state index is 13.6. The molecular formula is C12H17FN2O4S. The number of amides is 1. The molecule has 0 aliphatic heterocycles. The quantitative estimate of drug-likeness (QED) is 0.719. The molecule has 0 saturated carbocycles. The number of carbonyl (C=O) groups excluding carboxylic acids is 1. The minimum Gasteiger partial charge on any atom is -0.496 e. The number of halogens is 1. The van der Waals surface area contributed by atoms with Gasteiger partial charge in [0.05, 0.1) is 13.4 Å². The highest BCUT2D eigenvalue weighted by atomic mass is 32.2. The van der Waals surface area contributed by atoms with Gasteiger partial charge in [0, 0.05) is 13.1 Å². The van der Waals surface area contributed by atoms with Crippen molar-refractivity contribution in [2.24, 2.45) is 0 Å². The van der Waals surface area contributed by atoms with Crippen LogP contribution in [0.3, 0.4) is 0 Å². The fourth-order valence-electron chi connectivity index (χ4n) is 1.53. The lowest BCUT2D eigenvalue weighted by molar-refractivity contribution is 0.0946. The topological polar surface area (TPSA) is 84.5 Å². The second kappa shape index (κ2) is 7.20. The summed E-state index contributed by atoms with van der Waals surface area (Å²) >= 11 is 0. The van der Waals surface area contributed by atoms with Crippen molar-refractivity contribution >= 4 is 15.9 Å². The fourth-order valence-corrected chi connectivity index (χ4v) is 2.05. The molecular weight excluding hydrogens is 287 g/mol. The van der Waals surface area contributed by atoms with Crippen LogP contribution in [0.5, 0.6) is 5.75 Å². The molecule has 20 heavy (non-hydrogen) atoms. The Hall–Kier alpha value is -1.67. The van der Waals surface area contributed by atoms with E-state index in [1.54, 1.807) is 0 Å². The first-order valence-electron chi connectivity index (χ1n) is 5.90. The molecule has 112 valence electrons. The van der Waals surface area contributed by atoms with Crippen molar-refractivity contribution in [1.29, 1.82) is 0 Å². The van der Waals surface area contributed by atoms with E-state index in [-0.39, 0.29) is 24.4 Å². The first-order chi connectivity index (χ1) is 9.35. The third kappa shape index (κ3) is 5.14. The largest absolute Gasteiger partial charge is 0.496 e. The summed E-state index contributed by atoms with van der Waals surface area (Å²) in [4.78, 5) is 11.8. The maximum atomic E-state index is 13.6. The lowest BCUT2D eigenvalue weighted by Gasteiger charge is -2.10. The van der Waals surface area contributed by atoms with Crippen molar-refractivity contribution in [2.75, 3.05) is 26.5 Å². The number of benzene rings is 1. The van der Waals surface area contributed by atoms with Crippen LogP contribution in [0.2, 0.25) is 0 Å². The Balaban J connectivity index is 2.52. The Labute approximate surface area is 117 Å².